The summed E-state index contributed by atoms with van der Waals surface area (Å²) < 4.78 is 44.6. The molecule has 0 fully saturated rings. The molecule has 0 N–H and O–H groups in total. The number of hydrogen-bond acceptors (Lipinski definition) is 3. The van der Waals surface area contributed by atoms with E-state index in [0.717, 1.165) is 26.1 Å². The lowest BCUT2D eigenvalue weighted by Gasteiger charge is -2.12. The molecule has 0 aliphatic rings. The molecule has 4 nitrogen and oxygen atoms in total. The van der Waals surface area contributed by atoms with E-state index in [1.54, 1.807) is 30.3 Å². The van der Waals surface area contributed by atoms with Gasteiger partial charge in [0.2, 0.25) is 0 Å². The molecule has 0 atom stereocenters. The Labute approximate surface area is 215 Å². The Kier molecular flexibility index (Phi) is 6.29. The van der Waals surface area contributed by atoms with Gasteiger partial charge < -0.3 is 0 Å². The molecule has 174 valence electrons. The van der Waals surface area contributed by atoms with Crippen LogP contribution in [0.2, 0.25) is 0 Å². The van der Waals surface area contributed by atoms with Crippen molar-refractivity contribution in [3.05, 3.63) is 106 Å². The average Bonchev–Trinajstić information content (AvgIpc) is 3.30. The van der Waals surface area contributed by atoms with Crippen molar-refractivity contribution in [1.82, 2.24) is 19.7 Å². The van der Waals surface area contributed by atoms with Crippen molar-refractivity contribution in [2.24, 2.45) is 0 Å². The summed E-state index contributed by atoms with van der Waals surface area (Å²) in [5, 5.41) is 4.64. The smallest absolute Gasteiger partial charge is 0.211 e. The van der Waals surface area contributed by atoms with E-state index >= 15 is 0 Å². The van der Waals surface area contributed by atoms with E-state index in [9.17, 15) is 13.2 Å². The molecule has 0 spiro atoms. The first-order valence-corrected chi connectivity index (χ1v) is 12.0. The van der Waals surface area contributed by atoms with Crippen LogP contribution in [-0.4, -0.2) is 19.7 Å². The fourth-order valence-electron chi connectivity index (χ4n) is 3.61. The zero-order chi connectivity index (χ0) is 24.6. The number of aromatic nitrogens is 4. The van der Waals surface area contributed by atoms with Gasteiger partial charge in [0.1, 0.15) is 0 Å². The number of nitrogens with zero attached hydrogens (tertiary/aromatic N) is 4. The first-order chi connectivity index (χ1) is 16.8. The summed E-state index contributed by atoms with van der Waals surface area (Å²) in [5.41, 5.74) is 2.33. The molecule has 0 radical (unpaired) electrons. The van der Waals surface area contributed by atoms with E-state index in [-0.39, 0.29) is 11.6 Å². The Morgan fingerprint density at radius 1 is 0.629 bits per heavy atom. The van der Waals surface area contributed by atoms with Gasteiger partial charge in [-0.3, -0.25) is 0 Å². The molecule has 2 heterocycles. The average molecular weight is 600 g/mol. The highest BCUT2D eigenvalue weighted by atomic mass is 79.9. The summed E-state index contributed by atoms with van der Waals surface area (Å²) in [6.07, 6.45) is -4.66. The highest BCUT2D eigenvalue weighted by molar-refractivity contribution is 9.10. The fourth-order valence-corrected chi connectivity index (χ4v) is 4.41. The van der Waals surface area contributed by atoms with Gasteiger partial charge >= 0.3 is 6.18 Å². The largest absolute Gasteiger partial charge is 0.433 e. The van der Waals surface area contributed by atoms with Crippen LogP contribution < -0.4 is 0 Å². The summed E-state index contributed by atoms with van der Waals surface area (Å²) in [7, 11) is 0. The van der Waals surface area contributed by atoms with Gasteiger partial charge in [-0.1, -0.05) is 86.5 Å². The molecule has 2 aromatic heterocycles. The fraction of sp³-hybridized carbons (Fsp3) is 0.0385. The lowest BCUT2D eigenvalue weighted by Crippen LogP contribution is -2.14. The van der Waals surface area contributed by atoms with Crippen molar-refractivity contribution >= 4 is 31.9 Å². The van der Waals surface area contributed by atoms with Gasteiger partial charge in [0.25, 0.3) is 5.95 Å². The molecule has 5 aromatic rings. The van der Waals surface area contributed by atoms with Gasteiger partial charge in [0, 0.05) is 25.6 Å². The molecular weight excluding hydrogens is 585 g/mol. The number of hydrogen-bond donors (Lipinski definition) is 0. The molecule has 5 rings (SSSR count). The minimum Gasteiger partial charge on any atom is -0.211 e. The third-order valence-corrected chi connectivity index (χ3v) is 6.20. The maximum absolute atomic E-state index is 13.8. The molecular formula is C26H15Br2F3N4. The molecule has 0 saturated heterocycles. The summed E-state index contributed by atoms with van der Waals surface area (Å²) in [6, 6.07) is 26.4. The first kappa shape index (κ1) is 23.4. The minimum atomic E-state index is -4.66. The predicted molar refractivity (Wildman–Crippen MR) is 136 cm³/mol. The lowest BCUT2D eigenvalue weighted by atomic mass is 10.1. The maximum atomic E-state index is 13.8. The highest BCUT2D eigenvalue weighted by Crippen LogP contribution is 2.34. The van der Waals surface area contributed by atoms with Crippen molar-refractivity contribution in [1.29, 1.82) is 0 Å². The summed E-state index contributed by atoms with van der Waals surface area (Å²) in [5.74, 6) is -0.171. The lowest BCUT2D eigenvalue weighted by molar-refractivity contribution is -0.141. The molecule has 0 aliphatic heterocycles. The Hall–Kier alpha value is -3.30. The molecule has 0 unspecified atom stereocenters. The zero-order valence-electron chi connectivity index (χ0n) is 17.8. The molecule has 3 aromatic carbocycles. The van der Waals surface area contributed by atoms with Crippen LogP contribution in [0, 0.1) is 0 Å². The molecule has 0 amide bonds. The SMILES string of the molecule is FC(F)(F)c1cc(-c2ccccc2)nc(-n2nc(-c3cccc(Br)c3)cc2-c2cccc(Br)c2)n1. The quantitative estimate of drug-likeness (QED) is 0.209. The Morgan fingerprint density at radius 2 is 1.26 bits per heavy atom. The third-order valence-electron chi connectivity index (χ3n) is 5.21. The van der Waals surface area contributed by atoms with E-state index in [2.05, 4.69) is 46.9 Å². The summed E-state index contributed by atoms with van der Waals surface area (Å²) in [4.78, 5) is 8.37. The van der Waals surface area contributed by atoms with Gasteiger partial charge in [-0.15, -0.1) is 0 Å². The van der Waals surface area contributed by atoms with Crippen LogP contribution in [0.5, 0.6) is 0 Å². The number of rotatable bonds is 4. The summed E-state index contributed by atoms with van der Waals surface area (Å²) in [6.45, 7) is 0. The number of halogens is 5. The van der Waals surface area contributed by atoms with Crippen molar-refractivity contribution in [2.75, 3.05) is 0 Å². The molecule has 9 heteroatoms. The van der Waals surface area contributed by atoms with E-state index in [1.807, 2.05) is 54.6 Å². The van der Waals surface area contributed by atoms with Crippen molar-refractivity contribution in [2.45, 2.75) is 6.18 Å². The highest BCUT2D eigenvalue weighted by Gasteiger charge is 2.34. The van der Waals surface area contributed by atoms with Crippen LogP contribution in [0.15, 0.2) is 99.9 Å². The van der Waals surface area contributed by atoms with E-state index in [0.29, 0.717) is 17.0 Å². The van der Waals surface area contributed by atoms with Gasteiger partial charge in [-0.2, -0.15) is 23.0 Å². The van der Waals surface area contributed by atoms with Gasteiger partial charge in [-0.05, 0) is 36.4 Å². The normalized spacial score (nSPS) is 11.6. The topological polar surface area (TPSA) is 43.6 Å². The second-order valence-corrected chi connectivity index (χ2v) is 9.48. The van der Waals surface area contributed by atoms with Crippen LogP contribution >= 0.6 is 31.9 Å². The molecule has 0 bridgehead atoms. The standard InChI is InChI=1S/C26H15Br2F3N4/c27-19-10-4-8-17(12-19)22-14-23(18-9-5-11-20(28)13-18)35(34-22)25-32-21(16-6-2-1-3-7-16)15-24(33-25)26(29,30)31/h1-15H. The molecule has 35 heavy (non-hydrogen) atoms. The Morgan fingerprint density at radius 3 is 1.91 bits per heavy atom. The Balaban J connectivity index is 1.77. The zero-order valence-corrected chi connectivity index (χ0v) is 21.0. The van der Waals surface area contributed by atoms with Crippen LogP contribution in [0.1, 0.15) is 5.69 Å². The summed E-state index contributed by atoms with van der Waals surface area (Å²) >= 11 is 6.93. The van der Waals surface area contributed by atoms with Crippen LogP contribution in [0.25, 0.3) is 39.7 Å². The van der Waals surface area contributed by atoms with Crippen molar-refractivity contribution in [3.8, 4) is 39.7 Å². The van der Waals surface area contributed by atoms with Crippen molar-refractivity contribution in [3.63, 3.8) is 0 Å². The second-order valence-electron chi connectivity index (χ2n) is 7.65. The van der Waals surface area contributed by atoms with Gasteiger partial charge in [0.05, 0.1) is 17.1 Å². The second kappa shape index (κ2) is 9.39. The number of benzene rings is 3. The third kappa shape index (κ3) is 5.06. The van der Waals surface area contributed by atoms with E-state index in [1.165, 1.54) is 4.68 Å². The molecule has 0 aliphatic carbocycles. The van der Waals surface area contributed by atoms with Crippen molar-refractivity contribution < 1.29 is 13.2 Å². The number of alkyl halides is 3. The van der Waals surface area contributed by atoms with E-state index < -0.39 is 11.9 Å². The molecule has 0 saturated carbocycles. The Bertz CT molecular complexity index is 1520. The predicted octanol–water partition coefficient (Wildman–Crippen LogP) is 8.21. The monoisotopic (exact) mass is 598 g/mol. The maximum Gasteiger partial charge on any atom is 0.433 e. The minimum absolute atomic E-state index is 0.155. The van der Waals surface area contributed by atoms with Gasteiger partial charge in [0.15, 0.2) is 5.69 Å². The van der Waals surface area contributed by atoms with Crippen LogP contribution in [0.4, 0.5) is 13.2 Å². The van der Waals surface area contributed by atoms with Gasteiger partial charge in [-0.25, -0.2) is 9.97 Å². The first-order valence-electron chi connectivity index (χ1n) is 10.4. The van der Waals surface area contributed by atoms with Crippen LogP contribution in [0.3, 0.4) is 0 Å². The van der Waals surface area contributed by atoms with Crippen LogP contribution in [-0.2, 0) is 6.18 Å². The van der Waals surface area contributed by atoms with E-state index in [4.69, 9.17) is 0 Å².